The van der Waals surface area contributed by atoms with Gasteiger partial charge in [0.15, 0.2) is 0 Å². The van der Waals surface area contributed by atoms with E-state index in [4.69, 9.17) is 22.6 Å². The molecule has 0 aliphatic carbocycles. The fraction of sp³-hybridized carbons (Fsp3) is 0. The molecule has 0 fully saturated rings. The van der Waals surface area contributed by atoms with Gasteiger partial charge in [0.25, 0.3) is 0 Å². The molecule has 0 saturated carbocycles. The number of aliphatic carboxylic acids is 1. The highest BCUT2D eigenvalue weighted by Gasteiger charge is 2.00. The van der Waals surface area contributed by atoms with Crippen LogP contribution < -0.4 is 5.73 Å². The van der Waals surface area contributed by atoms with E-state index in [0.717, 1.165) is 0 Å². The second-order valence-corrected chi connectivity index (χ2v) is 2.01. The maximum absolute atomic E-state index is 9.32. The minimum atomic E-state index is -4.67. The summed E-state index contributed by atoms with van der Waals surface area (Å²) >= 11 is 0. The number of carbonyl (C=O) groups excluding carboxylic acids is 1. The molecule has 0 aromatic carbocycles. The average molecular weight is 187 g/mol. The number of carboxylic acid groups (broad SMARTS) is 1. The normalized spacial score (nSPS) is 9.27. The van der Waals surface area contributed by atoms with Crippen LogP contribution in [0.15, 0.2) is 0 Å². The molecular formula is C2H5NO7S. The average Bonchev–Trinajstić information content (AvgIpc) is 1.59. The molecule has 0 spiro atoms. The summed E-state index contributed by atoms with van der Waals surface area (Å²) in [5, 5.41) is 7.52. The van der Waals surface area contributed by atoms with Crippen molar-refractivity contribution in [2.45, 2.75) is 0 Å². The second kappa shape index (κ2) is 4.60. The summed E-state index contributed by atoms with van der Waals surface area (Å²) in [5.41, 5.74) is 4.20. The summed E-state index contributed by atoms with van der Waals surface area (Å²) in [4.78, 5) is 18.5. The number of carboxylic acids is 1. The maximum atomic E-state index is 9.32. The molecule has 5 N–H and O–H groups in total. The lowest BCUT2D eigenvalue weighted by molar-refractivity contribution is -0.148. The summed E-state index contributed by atoms with van der Waals surface area (Å²) < 4.78 is 31.6. The fourth-order valence-corrected chi connectivity index (χ4v) is 0. The largest absolute Gasteiger partial charge is 0.474 e. The van der Waals surface area contributed by atoms with Gasteiger partial charge in [-0.3, -0.25) is 13.9 Å². The van der Waals surface area contributed by atoms with Gasteiger partial charge in [0, 0.05) is 0 Å². The van der Waals surface area contributed by atoms with Crippen LogP contribution in [-0.2, 0) is 20.0 Å². The van der Waals surface area contributed by atoms with Gasteiger partial charge < -0.3 is 10.8 Å². The van der Waals surface area contributed by atoms with Crippen molar-refractivity contribution < 1.29 is 32.2 Å². The van der Waals surface area contributed by atoms with Gasteiger partial charge in [-0.1, -0.05) is 0 Å². The van der Waals surface area contributed by atoms with Crippen LogP contribution in [0.5, 0.6) is 0 Å². The number of carbonyl (C=O) groups is 2. The summed E-state index contributed by atoms with van der Waals surface area (Å²) in [7, 11) is -4.67. The highest BCUT2D eigenvalue weighted by Crippen LogP contribution is 1.59. The fourth-order valence-electron chi connectivity index (χ4n) is 0. The van der Waals surface area contributed by atoms with Gasteiger partial charge in [-0.15, -0.1) is 0 Å². The minimum absolute atomic E-state index is 1.32. The molecule has 0 aliphatic heterocycles. The highest BCUT2D eigenvalue weighted by atomic mass is 32.3. The molecule has 0 atom stereocenters. The molecule has 8 nitrogen and oxygen atoms in total. The molecule has 0 unspecified atom stereocenters. The quantitative estimate of drug-likeness (QED) is 0.250. The predicted octanol–water partition coefficient (Wildman–Crippen LogP) is -2.10. The Labute approximate surface area is 61.2 Å². The lowest BCUT2D eigenvalue weighted by Gasteiger charge is -1.74. The number of nitrogens with two attached hydrogens (primary N) is 1. The molecule has 0 saturated heterocycles. The van der Waals surface area contributed by atoms with E-state index in [1.54, 1.807) is 0 Å². The van der Waals surface area contributed by atoms with Crippen LogP contribution in [0.2, 0.25) is 0 Å². The van der Waals surface area contributed by atoms with Crippen molar-refractivity contribution in [3.63, 3.8) is 0 Å². The Kier molecular flexibility index (Phi) is 5.22. The first-order valence-corrected chi connectivity index (χ1v) is 3.27. The van der Waals surface area contributed by atoms with E-state index in [2.05, 4.69) is 5.73 Å². The number of hydrogen-bond acceptors (Lipinski definition) is 4. The molecular weight excluding hydrogens is 182 g/mol. The van der Waals surface area contributed by atoms with Gasteiger partial charge in [0.2, 0.25) is 0 Å². The Morgan fingerprint density at radius 1 is 1.18 bits per heavy atom. The molecule has 0 aliphatic rings. The van der Waals surface area contributed by atoms with E-state index in [9.17, 15) is 9.59 Å². The summed E-state index contributed by atoms with van der Waals surface area (Å²) in [6.45, 7) is 0. The zero-order valence-electron chi connectivity index (χ0n) is 4.96. The minimum Gasteiger partial charge on any atom is -0.474 e. The van der Waals surface area contributed by atoms with Gasteiger partial charge in [0.1, 0.15) is 0 Å². The molecule has 0 bridgehead atoms. The Morgan fingerprint density at radius 2 is 1.27 bits per heavy atom. The van der Waals surface area contributed by atoms with E-state index >= 15 is 0 Å². The van der Waals surface area contributed by atoms with E-state index in [1.807, 2.05) is 0 Å². The van der Waals surface area contributed by atoms with Crippen LogP contribution >= 0.6 is 0 Å². The van der Waals surface area contributed by atoms with Crippen molar-refractivity contribution in [1.29, 1.82) is 0 Å². The Morgan fingerprint density at radius 3 is 1.27 bits per heavy atom. The standard InChI is InChI=1S/C2H3NO3.H2O4S/c3-1(4)2(5)6;1-5(2,3)4/h(H2,3,4)(H,5,6);(H2,1,2,3,4). The molecule has 0 heterocycles. The predicted molar refractivity (Wildman–Crippen MR) is 31.0 cm³/mol. The maximum Gasteiger partial charge on any atom is 0.394 e. The summed E-state index contributed by atoms with van der Waals surface area (Å²) in [6.07, 6.45) is 0. The van der Waals surface area contributed by atoms with Gasteiger partial charge in [-0.05, 0) is 0 Å². The highest BCUT2D eigenvalue weighted by molar-refractivity contribution is 7.79. The van der Waals surface area contributed by atoms with Crippen LogP contribution in [0.3, 0.4) is 0 Å². The molecule has 1 amide bonds. The smallest absolute Gasteiger partial charge is 0.394 e. The van der Waals surface area contributed by atoms with Crippen molar-refractivity contribution in [2.24, 2.45) is 5.73 Å². The zero-order chi connectivity index (χ0) is 9.65. The summed E-state index contributed by atoms with van der Waals surface area (Å²) in [5.74, 6) is -2.93. The topological polar surface area (TPSA) is 155 Å². The third kappa shape index (κ3) is 51.7. The van der Waals surface area contributed by atoms with Crippen LogP contribution in [0.1, 0.15) is 0 Å². The van der Waals surface area contributed by atoms with Crippen molar-refractivity contribution in [2.75, 3.05) is 0 Å². The number of primary amides is 1. The second-order valence-electron chi connectivity index (χ2n) is 1.12. The van der Waals surface area contributed by atoms with E-state index < -0.39 is 22.3 Å². The number of rotatable bonds is 0. The molecule has 0 aromatic heterocycles. The van der Waals surface area contributed by atoms with Gasteiger partial charge in [-0.2, -0.15) is 8.42 Å². The molecule has 11 heavy (non-hydrogen) atoms. The van der Waals surface area contributed by atoms with Crippen LogP contribution in [0, 0.1) is 0 Å². The molecule has 0 radical (unpaired) electrons. The van der Waals surface area contributed by atoms with E-state index in [1.165, 1.54) is 0 Å². The molecule has 0 rings (SSSR count). The number of hydrogen-bond donors (Lipinski definition) is 4. The van der Waals surface area contributed by atoms with E-state index in [-0.39, 0.29) is 0 Å². The first-order valence-electron chi connectivity index (χ1n) is 1.87. The van der Waals surface area contributed by atoms with Crippen LogP contribution in [0.25, 0.3) is 0 Å². The third-order valence-corrected chi connectivity index (χ3v) is 0.211. The van der Waals surface area contributed by atoms with Crippen molar-refractivity contribution in [1.82, 2.24) is 0 Å². The van der Waals surface area contributed by atoms with Crippen molar-refractivity contribution in [3.05, 3.63) is 0 Å². The first kappa shape index (κ1) is 12.5. The molecule has 0 aromatic rings. The third-order valence-electron chi connectivity index (χ3n) is 0.211. The van der Waals surface area contributed by atoms with Gasteiger partial charge in [-0.25, -0.2) is 4.79 Å². The van der Waals surface area contributed by atoms with Gasteiger partial charge >= 0.3 is 22.3 Å². The molecule has 9 heteroatoms. The van der Waals surface area contributed by atoms with Crippen LogP contribution in [0.4, 0.5) is 0 Å². The Bertz CT molecular complexity index is 219. The van der Waals surface area contributed by atoms with Crippen molar-refractivity contribution >= 4 is 22.3 Å². The zero-order valence-corrected chi connectivity index (χ0v) is 5.78. The summed E-state index contributed by atoms with van der Waals surface area (Å²) in [6, 6.07) is 0. The number of amides is 1. The monoisotopic (exact) mass is 187 g/mol. The first-order chi connectivity index (χ1) is 4.64. The SMILES string of the molecule is NC(=O)C(=O)O.O=S(=O)(O)O. The van der Waals surface area contributed by atoms with Crippen LogP contribution in [-0.4, -0.2) is 34.5 Å². The van der Waals surface area contributed by atoms with Gasteiger partial charge in [0.05, 0.1) is 0 Å². The molecule has 66 valence electrons. The lowest BCUT2D eigenvalue weighted by Crippen LogP contribution is -2.21. The van der Waals surface area contributed by atoms with Crippen molar-refractivity contribution in [3.8, 4) is 0 Å². The van der Waals surface area contributed by atoms with E-state index in [0.29, 0.717) is 0 Å². The lowest BCUT2D eigenvalue weighted by atomic mass is 10.7. The Hall–Kier alpha value is -1.19. The Balaban J connectivity index is 0.